The van der Waals surface area contributed by atoms with E-state index in [0.717, 1.165) is 22.5 Å². The molecule has 3 N–H and O–H groups in total. The largest absolute Gasteiger partial charge is 0.370 e. The number of anilines is 1. The first-order valence-corrected chi connectivity index (χ1v) is 6.86. The van der Waals surface area contributed by atoms with Gasteiger partial charge in [0.1, 0.15) is 0 Å². The predicted molar refractivity (Wildman–Crippen MR) is 77.4 cm³/mol. The highest BCUT2D eigenvalue weighted by molar-refractivity contribution is 7.08. The molecule has 0 amide bonds. The van der Waals surface area contributed by atoms with Gasteiger partial charge in [-0.15, -0.1) is 0 Å². The molecule has 1 aromatic carbocycles. The molecule has 0 bridgehead atoms. The normalized spacial score (nSPS) is 17.9. The van der Waals surface area contributed by atoms with Crippen molar-refractivity contribution >= 4 is 34.3 Å². The molecule has 0 spiro atoms. The van der Waals surface area contributed by atoms with Crippen LogP contribution >= 0.6 is 11.3 Å². The van der Waals surface area contributed by atoms with Crippen molar-refractivity contribution in [3.63, 3.8) is 0 Å². The highest BCUT2D eigenvalue weighted by atomic mass is 32.1. The Kier molecular flexibility index (Phi) is 2.13. The van der Waals surface area contributed by atoms with E-state index in [2.05, 4.69) is 31.3 Å². The SMILES string of the molecule is NC1=N[C@@H](c2ccsc2)n2c(nc3ccccc32)N1. The molecule has 1 aliphatic rings. The van der Waals surface area contributed by atoms with Crippen molar-refractivity contribution in [2.24, 2.45) is 10.7 Å². The lowest BCUT2D eigenvalue weighted by molar-refractivity contribution is 0.628. The van der Waals surface area contributed by atoms with E-state index >= 15 is 0 Å². The monoisotopic (exact) mass is 269 g/mol. The fraction of sp³-hybridized carbons (Fsp3) is 0.0769. The van der Waals surface area contributed by atoms with Crippen molar-refractivity contribution in [1.82, 2.24) is 9.55 Å². The van der Waals surface area contributed by atoms with Crippen LogP contribution in [0.4, 0.5) is 5.95 Å². The quantitative estimate of drug-likeness (QED) is 0.712. The van der Waals surface area contributed by atoms with Crippen LogP contribution in [0.25, 0.3) is 11.0 Å². The average Bonchev–Trinajstić information content (AvgIpc) is 3.04. The molecule has 0 radical (unpaired) electrons. The number of hydrogen-bond donors (Lipinski definition) is 2. The van der Waals surface area contributed by atoms with E-state index < -0.39 is 0 Å². The van der Waals surface area contributed by atoms with Gasteiger partial charge in [-0.3, -0.25) is 9.88 Å². The molecule has 3 heterocycles. The fourth-order valence-corrected chi connectivity index (χ4v) is 3.03. The van der Waals surface area contributed by atoms with Crippen molar-refractivity contribution < 1.29 is 0 Å². The number of nitrogens with zero attached hydrogens (tertiary/aromatic N) is 3. The first-order chi connectivity index (χ1) is 9.33. The summed E-state index contributed by atoms with van der Waals surface area (Å²) in [5, 5.41) is 7.16. The molecule has 2 aromatic heterocycles. The third-order valence-electron chi connectivity index (χ3n) is 3.18. The van der Waals surface area contributed by atoms with E-state index in [1.54, 1.807) is 11.3 Å². The Morgan fingerprint density at radius 1 is 1.26 bits per heavy atom. The minimum atomic E-state index is -0.144. The molecule has 0 saturated heterocycles. The second-order valence-corrected chi connectivity index (χ2v) is 5.14. The van der Waals surface area contributed by atoms with Gasteiger partial charge in [0.15, 0.2) is 12.1 Å². The van der Waals surface area contributed by atoms with Gasteiger partial charge in [0, 0.05) is 5.56 Å². The van der Waals surface area contributed by atoms with Gasteiger partial charge in [-0.1, -0.05) is 12.1 Å². The third-order valence-corrected chi connectivity index (χ3v) is 3.88. The molecule has 19 heavy (non-hydrogen) atoms. The molecule has 4 rings (SSSR count). The summed E-state index contributed by atoms with van der Waals surface area (Å²) in [6.07, 6.45) is -0.144. The maximum Gasteiger partial charge on any atom is 0.212 e. The van der Waals surface area contributed by atoms with Crippen LogP contribution in [0.3, 0.4) is 0 Å². The second-order valence-electron chi connectivity index (χ2n) is 4.36. The first-order valence-electron chi connectivity index (χ1n) is 5.92. The summed E-state index contributed by atoms with van der Waals surface area (Å²) in [7, 11) is 0. The van der Waals surface area contributed by atoms with Gasteiger partial charge in [0.2, 0.25) is 5.95 Å². The van der Waals surface area contributed by atoms with Gasteiger partial charge in [0.25, 0.3) is 0 Å². The van der Waals surface area contributed by atoms with Crippen LogP contribution < -0.4 is 11.1 Å². The van der Waals surface area contributed by atoms with Crippen molar-refractivity contribution in [2.45, 2.75) is 6.17 Å². The summed E-state index contributed by atoms with van der Waals surface area (Å²) < 4.78 is 2.08. The number of benzene rings is 1. The number of rotatable bonds is 1. The van der Waals surface area contributed by atoms with Crippen molar-refractivity contribution in [1.29, 1.82) is 0 Å². The van der Waals surface area contributed by atoms with Crippen LogP contribution in [-0.2, 0) is 0 Å². The molecular formula is C13H11N5S. The van der Waals surface area contributed by atoms with E-state index in [-0.39, 0.29) is 6.17 Å². The van der Waals surface area contributed by atoms with Crippen molar-refractivity contribution in [3.8, 4) is 0 Å². The Hall–Kier alpha value is -2.34. The molecule has 1 atom stereocenters. The predicted octanol–water partition coefficient (Wildman–Crippen LogP) is 2.38. The maximum atomic E-state index is 5.86. The molecule has 0 saturated carbocycles. The van der Waals surface area contributed by atoms with Crippen LogP contribution in [0, 0.1) is 0 Å². The van der Waals surface area contributed by atoms with E-state index in [1.165, 1.54) is 0 Å². The maximum absolute atomic E-state index is 5.86. The highest BCUT2D eigenvalue weighted by Gasteiger charge is 2.24. The molecule has 6 heteroatoms. The number of nitrogens with one attached hydrogen (secondary N) is 1. The van der Waals surface area contributed by atoms with Crippen molar-refractivity contribution in [2.75, 3.05) is 5.32 Å². The minimum absolute atomic E-state index is 0.144. The van der Waals surface area contributed by atoms with Gasteiger partial charge in [-0.05, 0) is 29.0 Å². The highest BCUT2D eigenvalue weighted by Crippen LogP contribution is 2.32. The summed E-state index contributed by atoms with van der Waals surface area (Å²) >= 11 is 1.65. The van der Waals surface area contributed by atoms with Gasteiger partial charge >= 0.3 is 0 Å². The van der Waals surface area contributed by atoms with Crippen LogP contribution in [0.2, 0.25) is 0 Å². The lowest BCUT2D eigenvalue weighted by Crippen LogP contribution is -2.31. The Labute approximate surface area is 113 Å². The zero-order valence-corrected chi connectivity index (χ0v) is 10.8. The third kappa shape index (κ3) is 1.53. The van der Waals surface area contributed by atoms with E-state index in [1.807, 2.05) is 29.6 Å². The van der Waals surface area contributed by atoms with Gasteiger partial charge < -0.3 is 5.73 Å². The topological polar surface area (TPSA) is 68.2 Å². The van der Waals surface area contributed by atoms with Crippen LogP contribution in [0.5, 0.6) is 0 Å². The summed E-state index contributed by atoms with van der Waals surface area (Å²) in [6.45, 7) is 0. The Morgan fingerprint density at radius 2 is 2.16 bits per heavy atom. The zero-order chi connectivity index (χ0) is 12.8. The summed E-state index contributed by atoms with van der Waals surface area (Å²) in [5.41, 5.74) is 8.97. The molecule has 3 aromatic rings. The summed E-state index contributed by atoms with van der Waals surface area (Å²) in [4.78, 5) is 9.06. The number of thiophene rings is 1. The van der Waals surface area contributed by atoms with Gasteiger partial charge in [-0.2, -0.15) is 11.3 Å². The minimum Gasteiger partial charge on any atom is -0.370 e. The number of imidazole rings is 1. The van der Waals surface area contributed by atoms with Gasteiger partial charge in [0.05, 0.1) is 11.0 Å². The number of aromatic nitrogens is 2. The van der Waals surface area contributed by atoms with E-state index in [0.29, 0.717) is 5.96 Å². The summed E-state index contributed by atoms with van der Waals surface area (Å²) in [5.74, 6) is 1.14. The standard InChI is InChI=1S/C13H11N5S/c14-12-16-11(8-5-6-19-7-8)18-10-4-2-1-3-9(10)15-13(18)17-12/h1-7,11H,(H3,14,15,16,17)/t11-/m1/s1. The fourth-order valence-electron chi connectivity index (χ4n) is 2.36. The van der Waals surface area contributed by atoms with Crippen LogP contribution in [-0.4, -0.2) is 15.5 Å². The number of aliphatic imine (C=N–C) groups is 1. The zero-order valence-electron chi connectivity index (χ0n) is 9.95. The lowest BCUT2D eigenvalue weighted by atomic mass is 10.2. The van der Waals surface area contributed by atoms with Gasteiger partial charge in [-0.25, -0.2) is 9.98 Å². The van der Waals surface area contributed by atoms with E-state index in [9.17, 15) is 0 Å². The molecule has 5 nitrogen and oxygen atoms in total. The number of guanidine groups is 1. The number of fused-ring (bicyclic) bond motifs is 3. The smallest absolute Gasteiger partial charge is 0.212 e. The Bertz CT molecular complexity index is 772. The van der Waals surface area contributed by atoms with Crippen molar-refractivity contribution in [3.05, 3.63) is 46.7 Å². The van der Waals surface area contributed by atoms with E-state index in [4.69, 9.17) is 5.73 Å². The van der Waals surface area contributed by atoms with Crippen LogP contribution in [0.1, 0.15) is 11.7 Å². The second kappa shape index (κ2) is 3.83. The van der Waals surface area contributed by atoms with Crippen LogP contribution in [0.15, 0.2) is 46.1 Å². The average molecular weight is 269 g/mol. The lowest BCUT2D eigenvalue weighted by Gasteiger charge is -2.22. The Balaban J connectivity index is 2.00. The summed E-state index contributed by atoms with van der Waals surface area (Å²) in [6, 6.07) is 10.1. The molecule has 0 aliphatic carbocycles. The molecule has 0 unspecified atom stereocenters. The molecular weight excluding hydrogens is 258 g/mol. The number of nitrogens with two attached hydrogens (primary N) is 1. The number of hydrogen-bond acceptors (Lipinski definition) is 5. The molecule has 94 valence electrons. The molecule has 1 aliphatic heterocycles. The number of para-hydroxylation sites is 2. The first kappa shape index (κ1) is 10.6. The Morgan fingerprint density at radius 3 is 3.00 bits per heavy atom. The molecule has 0 fully saturated rings.